The van der Waals surface area contributed by atoms with Crippen molar-refractivity contribution in [3.8, 4) is 11.5 Å². The van der Waals surface area contributed by atoms with Crippen LogP contribution in [-0.2, 0) is 0 Å². The summed E-state index contributed by atoms with van der Waals surface area (Å²) < 4.78 is 10.0. The molecule has 0 radical (unpaired) electrons. The number of carbonyl (C=O) groups is 1. The molecule has 1 aliphatic rings. The zero-order chi connectivity index (χ0) is 12.6. The van der Waals surface area contributed by atoms with Gasteiger partial charge in [0.2, 0.25) is 6.79 Å². The number of hydrogen-bond acceptors (Lipinski definition) is 3. The van der Waals surface area contributed by atoms with Gasteiger partial charge in [0, 0.05) is 0 Å². The molecule has 1 aromatic carbocycles. The highest BCUT2D eigenvalue weighted by atomic mass is 16.7. The molecule has 4 heteroatoms. The molecule has 0 saturated heterocycles. The molecule has 90 valence electrons. The summed E-state index contributed by atoms with van der Waals surface area (Å²) in [5.74, 6) is 0.128. The van der Waals surface area contributed by atoms with Crippen molar-refractivity contribution in [1.82, 2.24) is 0 Å². The lowest BCUT2D eigenvalue weighted by Crippen LogP contribution is -1.95. The third-order valence-electron chi connectivity index (χ3n) is 1.62. The fourth-order valence-corrected chi connectivity index (χ4v) is 1.03. The topological polar surface area (TPSA) is 55.8 Å². The molecule has 0 atom stereocenters. The fourth-order valence-electron chi connectivity index (χ4n) is 1.03. The Morgan fingerprint density at radius 1 is 1.12 bits per heavy atom. The van der Waals surface area contributed by atoms with E-state index in [1.54, 1.807) is 6.07 Å². The molecule has 1 aliphatic heterocycles. The van der Waals surface area contributed by atoms with Gasteiger partial charge in [0.15, 0.2) is 11.5 Å². The van der Waals surface area contributed by atoms with Gasteiger partial charge in [-0.1, -0.05) is 27.7 Å². The molecule has 0 spiro atoms. The van der Waals surface area contributed by atoms with Gasteiger partial charge in [-0.3, -0.25) is 0 Å². The molecule has 0 unspecified atom stereocenters. The van der Waals surface area contributed by atoms with Gasteiger partial charge in [0.1, 0.15) is 0 Å². The smallest absolute Gasteiger partial charge is 0.335 e. The minimum absolute atomic E-state index is 0.165. The summed E-state index contributed by atoms with van der Waals surface area (Å²) in [6, 6.07) is 4.52. The number of rotatable bonds is 1. The van der Waals surface area contributed by atoms with Gasteiger partial charge >= 0.3 is 5.97 Å². The first-order chi connectivity index (χ1) is 7.77. The molecule has 4 nitrogen and oxygen atoms in total. The molecular formula is C12H18O4. The van der Waals surface area contributed by atoms with Crippen molar-refractivity contribution in [2.24, 2.45) is 0 Å². The molecular weight excluding hydrogens is 208 g/mol. The molecule has 16 heavy (non-hydrogen) atoms. The summed E-state index contributed by atoms with van der Waals surface area (Å²) in [6.45, 7) is 8.17. The Morgan fingerprint density at radius 2 is 1.69 bits per heavy atom. The van der Waals surface area contributed by atoms with Crippen LogP contribution in [0.5, 0.6) is 11.5 Å². The van der Waals surface area contributed by atoms with Crippen LogP contribution in [0.4, 0.5) is 0 Å². The Labute approximate surface area is 95.8 Å². The van der Waals surface area contributed by atoms with Gasteiger partial charge in [-0.05, 0) is 18.2 Å². The van der Waals surface area contributed by atoms with Crippen LogP contribution in [-0.4, -0.2) is 17.9 Å². The zero-order valence-corrected chi connectivity index (χ0v) is 10.1. The third kappa shape index (κ3) is 3.46. The molecule has 0 aromatic heterocycles. The van der Waals surface area contributed by atoms with Crippen molar-refractivity contribution in [3.63, 3.8) is 0 Å². The van der Waals surface area contributed by atoms with E-state index in [0.717, 1.165) is 0 Å². The summed E-state index contributed by atoms with van der Waals surface area (Å²) in [5, 5.41) is 8.62. The summed E-state index contributed by atoms with van der Waals surface area (Å²) in [4.78, 5) is 10.5. The van der Waals surface area contributed by atoms with Crippen LogP contribution in [0, 0.1) is 0 Å². The minimum Gasteiger partial charge on any atom is -0.478 e. The average molecular weight is 226 g/mol. The number of carboxylic acid groups (broad SMARTS) is 1. The van der Waals surface area contributed by atoms with E-state index in [1.165, 1.54) is 12.1 Å². The van der Waals surface area contributed by atoms with Crippen LogP contribution in [0.1, 0.15) is 38.1 Å². The first-order valence-electron chi connectivity index (χ1n) is 5.40. The van der Waals surface area contributed by atoms with Gasteiger partial charge in [-0.25, -0.2) is 4.79 Å². The number of benzene rings is 1. The quantitative estimate of drug-likeness (QED) is 0.799. The van der Waals surface area contributed by atoms with E-state index in [0.29, 0.717) is 11.5 Å². The predicted octanol–water partition coefficient (Wildman–Crippen LogP) is 3.17. The first-order valence-corrected chi connectivity index (χ1v) is 5.40. The van der Waals surface area contributed by atoms with Gasteiger partial charge in [-0.15, -0.1) is 0 Å². The fraction of sp³-hybridized carbons (Fsp3) is 0.417. The molecule has 1 aromatic rings. The van der Waals surface area contributed by atoms with Crippen molar-refractivity contribution in [3.05, 3.63) is 23.8 Å². The highest BCUT2D eigenvalue weighted by Crippen LogP contribution is 2.32. The summed E-state index contributed by atoms with van der Waals surface area (Å²) in [5.41, 5.74) is 0.208. The van der Waals surface area contributed by atoms with E-state index in [2.05, 4.69) is 0 Å². The SMILES string of the molecule is CC.CC.O=C(O)c1ccc2c(c1)OCO2. The maximum absolute atomic E-state index is 10.5. The Bertz CT molecular complexity index is 334. The summed E-state index contributed by atoms with van der Waals surface area (Å²) >= 11 is 0. The van der Waals surface area contributed by atoms with Crippen LogP contribution in [0.3, 0.4) is 0 Å². The van der Waals surface area contributed by atoms with Gasteiger partial charge in [-0.2, -0.15) is 0 Å². The Balaban J connectivity index is 0.000000509. The van der Waals surface area contributed by atoms with Crippen molar-refractivity contribution >= 4 is 5.97 Å². The number of hydrogen-bond donors (Lipinski definition) is 1. The first kappa shape index (κ1) is 14.3. The Morgan fingerprint density at radius 3 is 2.25 bits per heavy atom. The largest absolute Gasteiger partial charge is 0.478 e. The lowest BCUT2D eigenvalue weighted by atomic mass is 10.2. The maximum atomic E-state index is 10.5. The number of fused-ring (bicyclic) bond motifs is 1. The van der Waals surface area contributed by atoms with Crippen molar-refractivity contribution in [1.29, 1.82) is 0 Å². The molecule has 0 amide bonds. The van der Waals surface area contributed by atoms with Gasteiger partial charge in [0.25, 0.3) is 0 Å². The monoisotopic (exact) mass is 226 g/mol. The van der Waals surface area contributed by atoms with Crippen molar-refractivity contribution in [2.45, 2.75) is 27.7 Å². The number of ether oxygens (including phenoxy) is 2. The second-order valence-electron chi connectivity index (χ2n) is 2.37. The molecule has 2 rings (SSSR count). The zero-order valence-electron chi connectivity index (χ0n) is 10.1. The second-order valence-corrected chi connectivity index (χ2v) is 2.37. The Kier molecular flexibility index (Phi) is 6.76. The summed E-state index contributed by atoms with van der Waals surface area (Å²) in [6.07, 6.45) is 0. The second kappa shape index (κ2) is 7.56. The number of carboxylic acids is 1. The normalized spacial score (nSPS) is 10.5. The number of aromatic carboxylic acids is 1. The molecule has 1 heterocycles. The molecule has 1 N–H and O–H groups in total. The van der Waals surface area contributed by atoms with Crippen molar-refractivity contribution < 1.29 is 19.4 Å². The minimum atomic E-state index is -0.965. The van der Waals surface area contributed by atoms with Gasteiger partial charge < -0.3 is 14.6 Å². The van der Waals surface area contributed by atoms with E-state index in [-0.39, 0.29) is 12.4 Å². The molecule has 0 fully saturated rings. The van der Waals surface area contributed by atoms with E-state index in [9.17, 15) is 4.79 Å². The Hall–Kier alpha value is -1.71. The van der Waals surface area contributed by atoms with Crippen LogP contribution >= 0.6 is 0 Å². The average Bonchev–Trinajstić information content (AvgIpc) is 2.81. The van der Waals surface area contributed by atoms with Crippen LogP contribution in [0.25, 0.3) is 0 Å². The third-order valence-corrected chi connectivity index (χ3v) is 1.62. The standard InChI is InChI=1S/C8H6O4.2C2H6/c9-8(10)5-1-2-6-7(3-5)12-4-11-6;2*1-2/h1-3H,4H2,(H,9,10);2*1-2H3. The van der Waals surface area contributed by atoms with E-state index in [1.807, 2.05) is 27.7 Å². The predicted molar refractivity (Wildman–Crippen MR) is 62.2 cm³/mol. The highest BCUT2D eigenvalue weighted by Gasteiger charge is 2.15. The summed E-state index contributed by atoms with van der Waals surface area (Å²) in [7, 11) is 0. The van der Waals surface area contributed by atoms with E-state index in [4.69, 9.17) is 14.6 Å². The maximum Gasteiger partial charge on any atom is 0.335 e. The highest BCUT2D eigenvalue weighted by molar-refractivity contribution is 5.88. The van der Waals surface area contributed by atoms with Crippen molar-refractivity contribution in [2.75, 3.05) is 6.79 Å². The van der Waals surface area contributed by atoms with Crippen LogP contribution < -0.4 is 9.47 Å². The van der Waals surface area contributed by atoms with Crippen LogP contribution in [0.2, 0.25) is 0 Å². The van der Waals surface area contributed by atoms with Crippen LogP contribution in [0.15, 0.2) is 18.2 Å². The van der Waals surface area contributed by atoms with E-state index < -0.39 is 5.97 Å². The lowest BCUT2D eigenvalue weighted by Gasteiger charge is -1.96. The molecule has 0 aliphatic carbocycles. The lowest BCUT2D eigenvalue weighted by molar-refractivity contribution is 0.0696. The molecule has 0 saturated carbocycles. The van der Waals surface area contributed by atoms with Gasteiger partial charge in [0.05, 0.1) is 5.56 Å². The van der Waals surface area contributed by atoms with E-state index >= 15 is 0 Å². The molecule has 0 bridgehead atoms.